The van der Waals surface area contributed by atoms with E-state index in [2.05, 4.69) is 26.0 Å². The van der Waals surface area contributed by atoms with Crippen molar-refractivity contribution in [1.82, 2.24) is 15.3 Å². The van der Waals surface area contributed by atoms with E-state index < -0.39 is 0 Å². The van der Waals surface area contributed by atoms with Gasteiger partial charge in [-0.15, -0.1) is 0 Å². The fourth-order valence-corrected chi connectivity index (χ4v) is 1.29. The lowest BCUT2D eigenvalue weighted by atomic mass is 10.4. The molecule has 8 nitrogen and oxygen atoms in total. The first kappa shape index (κ1) is 14.0. The number of amides is 1. The van der Waals surface area contributed by atoms with Crippen LogP contribution in [0.5, 0.6) is 5.75 Å². The summed E-state index contributed by atoms with van der Waals surface area (Å²) in [6.07, 6.45) is 2.22. The number of hydrazine groups is 1. The molecule has 5 N–H and O–H groups in total. The quantitative estimate of drug-likeness (QED) is 0.390. The third kappa shape index (κ3) is 3.74. The molecule has 18 heavy (non-hydrogen) atoms. The van der Waals surface area contributed by atoms with Gasteiger partial charge in [0.15, 0.2) is 11.6 Å². The average Bonchev–Trinajstić information content (AvgIpc) is 2.41. The second-order valence-electron chi connectivity index (χ2n) is 3.45. The third-order valence-corrected chi connectivity index (χ3v) is 2.13. The lowest BCUT2D eigenvalue weighted by molar-refractivity contribution is -0.119. The minimum Gasteiger partial charge on any atom is -0.490 e. The summed E-state index contributed by atoms with van der Waals surface area (Å²) in [6, 6.07) is 0. The topological polar surface area (TPSA) is 114 Å². The number of nitrogens with zero attached hydrogens (tertiary/aromatic N) is 2. The highest BCUT2D eigenvalue weighted by molar-refractivity contribution is 5.81. The van der Waals surface area contributed by atoms with Crippen molar-refractivity contribution in [2.75, 3.05) is 30.9 Å². The van der Waals surface area contributed by atoms with Crippen molar-refractivity contribution in [3.05, 3.63) is 6.33 Å². The molecule has 0 fully saturated rings. The molecule has 0 unspecified atom stereocenters. The Hall–Kier alpha value is -2.09. The SMILES string of the molecule is CCCNC(=O)CNc1ncnc(NN)c1OC. The minimum absolute atomic E-state index is 0.109. The predicted molar refractivity (Wildman–Crippen MR) is 68.2 cm³/mol. The molecule has 1 rings (SSSR count). The maximum atomic E-state index is 11.4. The molecule has 1 heterocycles. The molecule has 0 aliphatic carbocycles. The van der Waals surface area contributed by atoms with Gasteiger partial charge in [-0.05, 0) is 6.42 Å². The molecule has 0 aliphatic rings. The molecule has 0 bridgehead atoms. The van der Waals surface area contributed by atoms with Crippen LogP contribution in [0.2, 0.25) is 0 Å². The minimum atomic E-state index is -0.111. The maximum absolute atomic E-state index is 11.4. The van der Waals surface area contributed by atoms with Crippen molar-refractivity contribution >= 4 is 17.5 Å². The molecule has 0 aliphatic heterocycles. The Bertz CT molecular complexity index is 398. The number of nitrogens with one attached hydrogen (secondary N) is 3. The summed E-state index contributed by atoms with van der Waals surface area (Å²) >= 11 is 0. The van der Waals surface area contributed by atoms with E-state index in [4.69, 9.17) is 10.6 Å². The number of methoxy groups -OCH3 is 1. The summed E-state index contributed by atoms with van der Waals surface area (Å²) in [4.78, 5) is 19.3. The van der Waals surface area contributed by atoms with Gasteiger partial charge in [0.1, 0.15) is 6.33 Å². The van der Waals surface area contributed by atoms with Crippen LogP contribution in [0.1, 0.15) is 13.3 Å². The molecular formula is C10H18N6O2. The van der Waals surface area contributed by atoms with Crippen LogP contribution in [0.25, 0.3) is 0 Å². The van der Waals surface area contributed by atoms with Crippen LogP contribution in [0.3, 0.4) is 0 Å². The number of carbonyl (C=O) groups excluding carboxylic acids is 1. The van der Waals surface area contributed by atoms with Gasteiger partial charge in [-0.25, -0.2) is 15.8 Å². The lowest BCUT2D eigenvalue weighted by Crippen LogP contribution is -2.30. The monoisotopic (exact) mass is 254 g/mol. The molecule has 0 atom stereocenters. The molecule has 100 valence electrons. The summed E-state index contributed by atoms with van der Waals surface area (Å²) in [6.45, 7) is 2.74. The zero-order valence-electron chi connectivity index (χ0n) is 10.5. The van der Waals surface area contributed by atoms with Gasteiger partial charge in [-0.1, -0.05) is 6.92 Å². The summed E-state index contributed by atoms with van der Waals surface area (Å²) < 4.78 is 5.12. The first-order chi connectivity index (χ1) is 8.72. The van der Waals surface area contributed by atoms with Gasteiger partial charge in [0.25, 0.3) is 0 Å². The molecule has 0 saturated carbocycles. The number of nitrogens with two attached hydrogens (primary N) is 1. The summed E-state index contributed by atoms with van der Waals surface area (Å²) in [5, 5.41) is 5.61. The van der Waals surface area contributed by atoms with Crippen LogP contribution in [-0.4, -0.2) is 36.1 Å². The Morgan fingerprint density at radius 2 is 2.17 bits per heavy atom. The number of hydrogen-bond donors (Lipinski definition) is 4. The van der Waals surface area contributed by atoms with Crippen molar-refractivity contribution in [3.8, 4) is 5.75 Å². The van der Waals surface area contributed by atoms with Crippen LogP contribution in [0, 0.1) is 0 Å². The van der Waals surface area contributed by atoms with Crippen LogP contribution in [-0.2, 0) is 4.79 Å². The molecule has 0 spiro atoms. The highest BCUT2D eigenvalue weighted by Crippen LogP contribution is 2.27. The maximum Gasteiger partial charge on any atom is 0.239 e. The zero-order valence-corrected chi connectivity index (χ0v) is 10.5. The number of hydrogen-bond acceptors (Lipinski definition) is 7. The molecule has 8 heteroatoms. The smallest absolute Gasteiger partial charge is 0.239 e. The molecule has 0 saturated heterocycles. The molecule has 1 aromatic rings. The van der Waals surface area contributed by atoms with Gasteiger partial charge in [0.05, 0.1) is 13.7 Å². The van der Waals surface area contributed by atoms with Crippen LogP contribution < -0.4 is 26.6 Å². The van der Waals surface area contributed by atoms with Crippen molar-refractivity contribution in [3.63, 3.8) is 0 Å². The number of nitrogen functional groups attached to an aromatic ring is 1. The molecular weight excluding hydrogens is 236 g/mol. The Morgan fingerprint density at radius 1 is 1.44 bits per heavy atom. The molecule has 0 aromatic carbocycles. The lowest BCUT2D eigenvalue weighted by Gasteiger charge is -2.12. The predicted octanol–water partition coefficient (Wildman–Crippen LogP) is -0.291. The van der Waals surface area contributed by atoms with E-state index in [-0.39, 0.29) is 12.5 Å². The van der Waals surface area contributed by atoms with Gasteiger partial charge in [0.2, 0.25) is 11.7 Å². The largest absolute Gasteiger partial charge is 0.490 e. The number of ether oxygens (including phenoxy) is 1. The fraction of sp³-hybridized carbons (Fsp3) is 0.500. The normalized spacial score (nSPS) is 9.72. The van der Waals surface area contributed by atoms with Crippen molar-refractivity contribution in [1.29, 1.82) is 0 Å². The van der Waals surface area contributed by atoms with Crippen LogP contribution in [0.15, 0.2) is 6.33 Å². The third-order valence-electron chi connectivity index (χ3n) is 2.13. The second kappa shape index (κ2) is 7.28. The Labute approximate surface area is 105 Å². The van der Waals surface area contributed by atoms with E-state index in [9.17, 15) is 4.79 Å². The zero-order chi connectivity index (χ0) is 13.4. The van der Waals surface area contributed by atoms with Crippen molar-refractivity contribution in [2.24, 2.45) is 5.84 Å². The number of anilines is 2. The van der Waals surface area contributed by atoms with Crippen molar-refractivity contribution in [2.45, 2.75) is 13.3 Å². The van der Waals surface area contributed by atoms with Gasteiger partial charge >= 0.3 is 0 Å². The van der Waals surface area contributed by atoms with E-state index in [0.29, 0.717) is 23.9 Å². The number of rotatable bonds is 7. The number of carbonyl (C=O) groups is 1. The van der Waals surface area contributed by atoms with E-state index in [1.54, 1.807) is 0 Å². The molecule has 1 amide bonds. The van der Waals surface area contributed by atoms with E-state index in [0.717, 1.165) is 6.42 Å². The van der Waals surface area contributed by atoms with Crippen molar-refractivity contribution < 1.29 is 9.53 Å². The molecule has 1 aromatic heterocycles. The van der Waals surface area contributed by atoms with Crippen LogP contribution >= 0.6 is 0 Å². The van der Waals surface area contributed by atoms with E-state index in [1.165, 1.54) is 13.4 Å². The molecule has 0 radical (unpaired) electrons. The standard InChI is InChI=1S/C10H18N6O2/c1-3-4-12-7(17)5-13-9-8(18-2)10(16-11)15-6-14-9/h6H,3-5,11H2,1-2H3,(H,12,17)(H2,13,14,15,16). The van der Waals surface area contributed by atoms with Gasteiger partial charge in [0, 0.05) is 6.54 Å². The van der Waals surface area contributed by atoms with Crippen LogP contribution in [0.4, 0.5) is 11.6 Å². The van der Waals surface area contributed by atoms with Gasteiger partial charge in [-0.2, -0.15) is 0 Å². The summed E-state index contributed by atoms with van der Waals surface area (Å²) in [5.41, 5.74) is 2.39. The Morgan fingerprint density at radius 3 is 2.78 bits per heavy atom. The summed E-state index contributed by atoms with van der Waals surface area (Å²) in [5.74, 6) is 6.30. The highest BCUT2D eigenvalue weighted by atomic mass is 16.5. The average molecular weight is 254 g/mol. The summed E-state index contributed by atoms with van der Waals surface area (Å²) in [7, 11) is 1.47. The highest BCUT2D eigenvalue weighted by Gasteiger charge is 2.11. The number of aromatic nitrogens is 2. The first-order valence-corrected chi connectivity index (χ1v) is 5.59. The second-order valence-corrected chi connectivity index (χ2v) is 3.45. The Balaban J connectivity index is 2.64. The van der Waals surface area contributed by atoms with E-state index >= 15 is 0 Å². The van der Waals surface area contributed by atoms with Gasteiger partial charge in [-0.3, -0.25) is 4.79 Å². The van der Waals surface area contributed by atoms with Gasteiger partial charge < -0.3 is 20.8 Å². The first-order valence-electron chi connectivity index (χ1n) is 5.59. The van der Waals surface area contributed by atoms with E-state index in [1.807, 2.05) is 6.92 Å². The Kier molecular flexibility index (Phi) is 5.65. The fourth-order valence-electron chi connectivity index (χ4n) is 1.29.